The molecule has 4 heteroatoms. The van der Waals surface area contributed by atoms with Gasteiger partial charge in [0.1, 0.15) is 5.54 Å². The van der Waals surface area contributed by atoms with Gasteiger partial charge in [-0.25, -0.2) is 0 Å². The van der Waals surface area contributed by atoms with Gasteiger partial charge in [-0.1, -0.05) is 17.3 Å². The average molecular weight is 170 g/mol. The molecule has 1 fully saturated rings. The molecular formula is C8H14N2O2. The molecule has 1 aliphatic carbocycles. The van der Waals surface area contributed by atoms with Crippen molar-refractivity contribution in [3.05, 3.63) is 9.81 Å². The number of rotatable bonds is 2. The molecule has 68 valence electrons. The Morgan fingerprint density at radius 1 is 1.42 bits per heavy atom. The minimum atomic E-state index is -0.551. The summed E-state index contributed by atoms with van der Waals surface area (Å²) in [6.45, 7) is 3.79. The Labute approximate surface area is 71.7 Å². The van der Waals surface area contributed by atoms with E-state index in [4.69, 9.17) is 0 Å². The third kappa shape index (κ3) is 1.68. The molecule has 1 aliphatic rings. The molecule has 0 aromatic carbocycles. The van der Waals surface area contributed by atoms with Crippen LogP contribution in [-0.2, 0) is 0 Å². The van der Waals surface area contributed by atoms with Crippen LogP contribution in [-0.4, -0.2) is 11.6 Å². The molecule has 0 heterocycles. The Morgan fingerprint density at radius 2 is 2.08 bits per heavy atom. The van der Waals surface area contributed by atoms with Gasteiger partial charge >= 0.3 is 0 Å². The van der Waals surface area contributed by atoms with Gasteiger partial charge in [-0.05, 0) is 25.7 Å². The monoisotopic (exact) mass is 170 g/mol. The van der Waals surface area contributed by atoms with Gasteiger partial charge in [0.15, 0.2) is 0 Å². The van der Waals surface area contributed by atoms with Crippen molar-refractivity contribution >= 4 is 0 Å². The third-order valence-electron chi connectivity index (χ3n) is 2.80. The van der Waals surface area contributed by atoms with Crippen LogP contribution in [0.4, 0.5) is 0 Å². The first-order valence-corrected chi connectivity index (χ1v) is 4.28. The van der Waals surface area contributed by atoms with Crippen molar-refractivity contribution in [3.8, 4) is 0 Å². The summed E-state index contributed by atoms with van der Waals surface area (Å²) >= 11 is 0. The predicted molar refractivity (Wildman–Crippen MR) is 46.8 cm³/mol. The SMILES string of the molecule is CC1CCC(C)(N=O)CC1N=O. The van der Waals surface area contributed by atoms with E-state index in [2.05, 4.69) is 10.4 Å². The Balaban J connectivity index is 2.66. The molecule has 12 heavy (non-hydrogen) atoms. The lowest BCUT2D eigenvalue weighted by atomic mass is 9.76. The first-order chi connectivity index (χ1) is 5.61. The van der Waals surface area contributed by atoms with Crippen LogP contribution in [0.2, 0.25) is 0 Å². The van der Waals surface area contributed by atoms with Gasteiger partial charge in [0.05, 0.1) is 6.04 Å². The van der Waals surface area contributed by atoms with E-state index in [1.807, 2.05) is 6.92 Å². The lowest BCUT2D eigenvalue weighted by Gasteiger charge is -2.33. The summed E-state index contributed by atoms with van der Waals surface area (Å²) in [6, 6.07) is -0.221. The van der Waals surface area contributed by atoms with Gasteiger partial charge < -0.3 is 0 Å². The van der Waals surface area contributed by atoms with Crippen LogP contribution >= 0.6 is 0 Å². The lowest BCUT2D eigenvalue weighted by Crippen LogP contribution is -2.36. The Hall–Kier alpha value is -0.800. The summed E-state index contributed by atoms with van der Waals surface area (Å²) in [4.78, 5) is 20.8. The maximum absolute atomic E-state index is 10.5. The molecule has 3 atom stereocenters. The van der Waals surface area contributed by atoms with Gasteiger partial charge in [-0.15, -0.1) is 0 Å². The summed E-state index contributed by atoms with van der Waals surface area (Å²) in [5, 5.41) is 6.09. The molecule has 1 saturated carbocycles. The second kappa shape index (κ2) is 3.29. The van der Waals surface area contributed by atoms with Gasteiger partial charge in [0, 0.05) is 6.42 Å². The molecular weight excluding hydrogens is 156 g/mol. The van der Waals surface area contributed by atoms with Gasteiger partial charge in [-0.3, -0.25) is 0 Å². The smallest absolute Gasteiger partial charge is 0.102 e. The van der Waals surface area contributed by atoms with Gasteiger partial charge in [0.2, 0.25) is 0 Å². The highest BCUT2D eigenvalue weighted by molar-refractivity contribution is 4.94. The fourth-order valence-electron chi connectivity index (χ4n) is 1.71. The Bertz CT molecular complexity index is 195. The standard InChI is InChI=1S/C8H14N2O2/c1-6-3-4-8(2,10-12)5-7(6)9-11/h6-7H,3-5H2,1-2H3. The van der Waals surface area contributed by atoms with E-state index < -0.39 is 5.54 Å². The third-order valence-corrected chi connectivity index (χ3v) is 2.80. The summed E-state index contributed by atoms with van der Waals surface area (Å²) in [6.07, 6.45) is 2.17. The molecule has 0 radical (unpaired) electrons. The first kappa shape index (κ1) is 9.29. The molecule has 0 bridgehead atoms. The highest BCUT2D eigenvalue weighted by Crippen LogP contribution is 2.35. The molecule has 0 saturated heterocycles. The van der Waals surface area contributed by atoms with E-state index in [-0.39, 0.29) is 6.04 Å². The predicted octanol–water partition coefficient (Wildman–Crippen LogP) is 2.47. The zero-order valence-electron chi connectivity index (χ0n) is 7.49. The maximum Gasteiger partial charge on any atom is 0.102 e. The highest BCUT2D eigenvalue weighted by Gasteiger charge is 2.37. The van der Waals surface area contributed by atoms with Crippen LogP contribution in [0.3, 0.4) is 0 Å². The number of hydrogen-bond donors (Lipinski definition) is 0. The van der Waals surface area contributed by atoms with E-state index in [0.29, 0.717) is 12.3 Å². The van der Waals surface area contributed by atoms with Crippen LogP contribution in [0.15, 0.2) is 10.4 Å². The van der Waals surface area contributed by atoms with E-state index in [9.17, 15) is 9.81 Å². The first-order valence-electron chi connectivity index (χ1n) is 4.28. The molecule has 3 unspecified atom stereocenters. The van der Waals surface area contributed by atoms with Crippen LogP contribution in [0.25, 0.3) is 0 Å². The minimum Gasteiger partial charge on any atom is -0.151 e. The fraction of sp³-hybridized carbons (Fsp3) is 1.00. The Morgan fingerprint density at radius 3 is 2.58 bits per heavy atom. The molecule has 0 aromatic rings. The summed E-state index contributed by atoms with van der Waals surface area (Å²) < 4.78 is 0. The molecule has 4 nitrogen and oxygen atoms in total. The van der Waals surface area contributed by atoms with Crippen LogP contribution < -0.4 is 0 Å². The number of nitroso groups, excluding NO2 is 2. The molecule has 0 N–H and O–H groups in total. The quantitative estimate of drug-likeness (QED) is 0.597. The lowest BCUT2D eigenvalue weighted by molar-refractivity contribution is 0.231. The molecule has 0 amide bonds. The Kier molecular flexibility index (Phi) is 2.55. The summed E-state index contributed by atoms with van der Waals surface area (Å²) in [5.74, 6) is 0.303. The molecule has 0 aromatic heterocycles. The second-order valence-corrected chi connectivity index (χ2v) is 3.98. The average Bonchev–Trinajstić information content (AvgIpc) is 2.10. The van der Waals surface area contributed by atoms with Crippen LogP contribution in [0.1, 0.15) is 33.1 Å². The van der Waals surface area contributed by atoms with E-state index in [0.717, 1.165) is 12.8 Å². The summed E-state index contributed by atoms with van der Waals surface area (Å²) in [7, 11) is 0. The van der Waals surface area contributed by atoms with Crippen molar-refractivity contribution in [3.63, 3.8) is 0 Å². The zero-order valence-corrected chi connectivity index (χ0v) is 7.49. The van der Waals surface area contributed by atoms with Gasteiger partial charge in [0.25, 0.3) is 0 Å². The molecule has 1 rings (SSSR count). The van der Waals surface area contributed by atoms with Crippen molar-refractivity contribution < 1.29 is 0 Å². The van der Waals surface area contributed by atoms with Crippen molar-refractivity contribution in [2.24, 2.45) is 16.3 Å². The number of hydrogen-bond acceptors (Lipinski definition) is 4. The van der Waals surface area contributed by atoms with Crippen LogP contribution in [0.5, 0.6) is 0 Å². The van der Waals surface area contributed by atoms with Crippen molar-refractivity contribution in [1.82, 2.24) is 0 Å². The van der Waals surface area contributed by atoms with Gasteiger partial charge in [-0.2, -0.15) is 9.81 Å². The summed E-state index contributed by atoms with van der Waals surface area (Å²) in [5.41, 5.74) is -0.551. The molecule has 0 aliphatic heterocycles. The fourth-order valence-corrected chi connectivity index (χ4v) is 1.71. The normalized spacial score (nSPS) is 42.2. The highest BCUT2D eigenvalue weighted by atomic mass is 16.3. The van der Waals surface area contributed by atoms with E-state index in [1.165, 1.54) is 0 Å². The van der Waals surface area contributed by atoms with E-state index >= 15 is 0 Å². The second-order valence-electron chi connectivity index (χ2n) is 3.98. The van der Waals surface area contributed by atoms with Crippen molar-refractivity contribution in [2.45, 2.75) is 44.7 Å². The van der Waals surface area contributed by atoms with E-state index in [1.54, 1.807) is 6.92 Å². The number of nitrogens with zero attached hydrogens (tertiary/aromatic N) is 2. The molecule has 0 spiro atoms. The zero-order chi connectivity index (χ0) is 9.19. The van der Waals surface area contributed by atoms with Crippen molar-refractivity contribution in [2.75, 3.05) is 0 Å². The van der Waals surface area contributed by atoms with Crippen molar-refractivity contribution in [1.29, 1.82) is 0 Å². The topological polar surface area (TPSA) is 58.9 Å². The largest absolute Gasteiger partial charge is 0.151 e. The minimum absolute atomic E-state index is 0.221. The van der Waals surface area contributed by atoms with Crippen LogP contribution in [0, 0.1) is 15.7 Å². The maximum atomic E-state index is 10.5.